The monoisotopic (exact) mass is 334 g/mol. The van der Waals surface area contributed by atoms with Gasteiger partial charge in [-0.05, 0) is 50.7 Å². The summed E-state index contributed by atoms with van der Waals surface area (Å²) in [6.45, 7) is 13.4. The van der Waals surface area contributed by atoms with Crippen molar-refractivity contribution in [2.45, 2.75) is 71.5 Å². The highest BCUT2D eigenvalue weighted by Crippen LogP contribution is 2.26. The van der Waals surface area contributed by atoms with E-state index < -0.39 is 5.60 Å². The van der Waals surface area contributed by atoms with E-state index in [1.165, 1.54) is 0 Å². The molecule has 5 nitrogen and oxygen atoms in total. The van der Waals surface area contributed by atoms with Gasteiger partial charge in [-0.15, -0.1) is 0 Å². The van der Waals surface area contributed by atoms with Gasteiger partial charge in [0.15, 0.2) is 0 Å². The van der Waals surface area contributed by atoms with Gasteiger partial charge in [0.25, 0.3) is 0 Å². The Labute approximate surface area is 145 Å². The van der Waals surface area contributed by atoms with Crippen molar-refractivity contribution in [2.75, 3.05) is 13.1 Å². The SMILES string of the molecule is CC(C)(C)OC(=O)N1CCC[C@H](Oc2cncc(C(C)(C)C)c2)C1. The fraction of sp³-hybridized carbons (Fsp3) is 0.684. The van der Waals surface area contributed by atoms with Crippen LogP contribution in [0.5, 0.6) is 5.75 Å². The van der Waals surface area contributed by atoms with Crippen LogP contribution in [0.15, 0.2) is 18.5 Å². The molecular formula is C19H30N2O3. The van der Waals surface area contributed by atoms with Gasteiger partial charge in [-0.3, -0.25) is 4.98 Å². The van der Waals surface area contributed by atoms with E-state index in [1.54, 1.807) is 11.1 Å². The third-order valence-corrected chi connectivity index (χ3v) is 3.91. The Kier molecular flexibility index (Phi) is 5.41. The minimum Gasteiger partial charge on any atom is -0.487 e. The third-order valence-electron chi connectivity index (χ3n) is 3.91. The van der Waals surface area contributed by atoms with Crippen molar-refractivity contribution in [1.29, 1.82) is 0 Å². The molecule has 0 saturated carbocycles. The van der Waals surface area contributed by atoms with Crippen LogP contribution in [-0.2, 0) is 10.2 Å². The second-order valence-electron chi connectivity index (χ2n) is 8.47. The van der Waals surface area contributed by atoms with Crippen molar-refractivity contribution in [3.63, 3.8) is 0 Å². The number of carbonyl (C=O) groups excluding carboxylic acids is 1. The average Bonchev–Trinajstić information content (AvgIpc) is 2.45. The summed E-state index contributed by atoms with van der Waals surface area (Å²) < 4.78 is 11.5. The van der Waals surface area contributed by atoms with E-state index in [4.69, 9.17) is 9.47 Å². The first-order valence-corrected chi connectivity index (χ1v) is 8.65. The second-order valence-corrected chi connectivity index (χ2v) is 8.47. The molecule has 2 rings (SSSR count). The van der Waals surface area contributed by atoms with Crippen LogP contribution in [0.2, 0.25) is 0 Å². The Hall–Kier alpha value is -1.78. The van der Waals surface area contributed by atoms with E-state index in [0.717, 1.165) is 30.7 Å². The minimum absolute atomic E-state index is 0.0247. The first kappa shape index (κ1) is 18.6. The molecule has 0 radical (unpaired) electrons. The van der Waals surface area contributed by atoms with Crippen LogP contribution in [0.25, 0.3) is 0 Å². The summed E-state index contributed by atoms with van der Waals surface area (Å²) in [5.74, 6) is 0.762. The van der Waals surface area contributed by atoms with Gasteiger partial charge in [0.1, 0.15) is 17.5 Å². The number of nitrogens with zero attached hydrogens (tertiary/aromatic N) is 2. The molecule has 1 aliphatic rings. The predicted molar refractivity (Wildman–Crippen MR) is 94.4 cm³/mol. The molecule has 0 aliphatic carbocycles. The molecule has 0 unspecified atom stereocenters. The average molecular weight is 334 g/mol. The normalized spacial score (nSPS) is 19.1. The number of aromatic nitrogens is 1. The summed E-state index contributed by atoms with van der Waals surface area (Å²) in [6.07, 6.45) is 5.17. The molecular weight excluding hydrogens is 304 g/mol. The molecule has 0 spiro atoms. The molecule has 0 aromatic carbocycles. The lowest BCUT2D eigenvalue weighted by atomic mass is 9.88. The fourth-order valence-corrected chi connectivity index (χ4v) is 2.61. The van der Waals surface area contributed by atoms with Crippen LogP contribution >= 0.6 is 0 Å². The number of likely N-dealkylation sites (tertiary alicyclic amines) is 1. The molecule has 1 amide bonds. The number of pyridine rings is 1. The highest BCUT2D eigenvalue weighted by molar-refractivity contribution is 5.68. The van der Waals surface area contributed by atoms with Crippen LogP contribution in [0, 0.1) is 0 Å². The van der Waals surface area contributed by atoms with Gasteiger partial charge < -0.3 is 14.4 Å². The van der Waals surface area contributed by atoms with Crippen LogP contribution in [0.4, 0.5) is 4.79 Å². The lowest BCUT2D eigenvalue weighted by Gasteiger charge is -2.34. The number of hydrogen-bond donors (Lipinski definition) is 0. The van der Waals surface area contributed by atoms with Crippen molar-refractivity contribution in [2.24, 2.45) is 0 Å². The number of amides is 1. The summed E-state index contributed by atoms with van der Waals surface area (Å²) in [7, 11) is 0. The fourth-order valence-electron chi connectivity index (χ4n) is 2.61. The molecule has 1 atom stereocenters. The van der Waals surface area contributed by atoms with E-state index in [1.807, 2.05) is 33.0 Å². The third kappa shape index (κ3) is 5.39. The van der Waals surface area contributed by atoms with Crippen molar-refractivity contribution < 1.29 is 14.3 Å². The smallest absolute Gasteiger partial charge is 0.410 e. The van der Waals surface area contributed by atoms with Crippen LogP contribution in [0.3, 0.4) is 0 Å². The van der Waals surface area contributed by atoms with Gasteiger partial charge in [-0.1, -0.05) is 20.8 Å². The predicted octanol–water partition coefficient (Wildman–Crippen LogP) is 4.16. The summed E-state index contributed by atoms with van der Waals surface area (Å²) in [4.78, 5) is 18.3. The highest BCUT2D eigenvalue weighted by Gasteiger charge is 2.28. The molecule has 134 valence electrons. The van der Waals surface area contributed by atoms with Gasteiger partial charge in [0.2, 0.25) is 0 Å². The molecule has 0 N–H and O–H groups in total. The van der Waals surface area contributed by atoms with Gasteiger partial charge in [0.05, 0.1) is 12.7 Å². The Morgan fingerprint density at radius 2 is 1.92 bits per heavy atom. The zero-order chi connectivity index (χ0) is 18.0. The maximum atomic E-state index is 12.2. The quantitative estimate of drug-likeness (QED) is 0.815. The first-order valence-electron chi connectivity index (χ1n) is 8.65. The number of rotatable bonds is 2. The van der Waals surface area contributed by atoms with Crippen molar-refractivity contribution in [1.82, 2.24) is 9.88 Å². The molecule has 1 aliphatic heterocycles. The Bertz CT molecular complexity index is 573. The maximum Gasteiger partial charge on any atom is 0.410 e. The zero-order valence-electron chi connectivity index (χ0n) is 15.8. The molecule has 1 aromatic heterocycles. The van der Waals surface area contributed by atoms with Gasteiger partial charge in [-0.25, -0.2) is 4.79 Å². The zero-order valence-corrected chi connectivity index (χ0v) is 15.8. The van der Waals surface area contributed by atoms with Crippen LogP contribution in [0.1, 0.15) is 59.9 Å². The highest BCUT2D eigenvalue weighted by atomic mass is 16.6. The first-order chi connectivity index (χ1) is 11.0. The Balaban J connectivity index is 1.99. The summed E-state index contributed by atoms with van der Waals surface area (Å²) >= 11 is 0. The van der Waals surface area contributed by atoms with Crippen molar-refractivity contribution >= 4 is 6.09 Å². The molecule has 5 heteroatoms. The number of carbonyl (C=O) groups is 1. The number of piperidine rings is 1. The molecule has 0 bridgehead atoms. The number of ether oxygens (including phenoxy) is 2. The summed E-state index contributed by atoms with van der Waals surface area (Å²) in [5, 5.41) is 0. The Morgan fingerprint density at radius 3 is 2.54 bits per heavy atom. The van der Waals surface area contributed by atoms with E-state index in [-0.39, 0.29) is 17.6 Å². The maximum absolute atomic E-state index is 12.2. The number of hydrogen-bond acceptors (Lipinski definition) is 4. The van der Waals surface area contributed by atoms with Gasteiger partial charge >= 0.3 is 6.09 Å². The summed E-state index contributed by atoms with van der Waals surface area (Å²) in [6, 6.07) is 2.04. The largest absolute Gasteiger partial charge is 0.487 e. The van der Waals surface area contributed by atoms with Crippen molar-refractivity contribution in [3.05, 3.63) is 24.0 Å². The lowest BCUT2D eigenvalue weighted by molar-refractivity contribution is 0.00771. The molecule has 1 saturated heterocycles. The van der Waals surface area contributed by atoms with E-state index in [2.05, 4.69) is 25.8 Å². The van der Waals surface area contributed by atoms with Crippen molar-refractivity contribution in [3.8, 4) is 5.75 Å². The van der Waals surface area contributed by atoms with E-state index in [0.29, 0.717) is 6.54 Å². The van der Waals surface area contributed by atoms with E-state index >= 15 is 0 Å². The molecule has 2 heterocycles. The molecule has 1 aromatic rings. The molecule has 1 fully saturated rings. The van der Waals surface area contributed by atoms with Crippen LogP contribution in [-0.4, -0.2) is 40.8 Å². The van der Waals surface area contributed by atoms with E-state index in [9.17, 15) is 4.79 Å². The topological polar surface area (TPSA) is 51.7 Å². The lowest BCUT2D eigenvalue weighted by Crippen LogP contribution is -2.46. The molecule has 24 heavy (non-hydrogen) atoms. The van der Waals surface area contributed by atoms with Crippen LogP contribution < -0.4 is 4.74 Å². The Morgan fingerprint density at radius 1 is 1.21 bits per heavy atom. The van der Waals surface area contributed by atoms with Gasteiger partial charge in [-0.2, -0.15) is 0 Å². The summed E-state index contributed by atoms with van der Waals surface area (Å²) in [5.41, 5.74) is 0.692. The second kappa shape index (κ2) is 6.99. The minimum atomic E-state index is -0.476. The van der Waals surface area contributed by atoms with Gasteiger partial charge in [0, 0.05) is 12.7 Å². The standard InChI is InChI=1S/C19H30N2O3/c1-18(2,3)14-10-16(12-20-11-14)23-15-8-7-9-21(13-15)17(22)24-19(4,5)6/h10-12,15H,7-9,13H2,1-6H3/t15-/m0/s1.